The number of anilines is 1. The van der Waals surface area contributed by atoms with Gasteiger partial charge in [-0.05, 0) is 36.2 Å². The van der Waals surface area contributed by atoms with E-state index >= 15 is 0 Å². The second kappa shape index (κ2) is 10.8. The van der Waals surface area contributed by atoms with Crippen LogP contribution in [-0.2, 0) is 6.54 Å². The van der Waals surface area contributed by atoms with Crippen LogP contribution in [0.15, 0.2) is 48.5 Å². The smallest absolute Gasteiger partial charge is 0.425 e. The van der Waals surface area contributed by atoms with Crippen molar-refractivity contribution in [2.75, 3.05) is 18.5 Å². The fourth-order valence-electron chi connectivity index (χ4n) is 3.94. The normalized spacial score (nSPS) is 15.9. The lowest BCUT2D eigenvalue weighted by molar-refractivity contribution is -0.274. The molecule has 0 bridgehead atoms. The molecule has 1 N–H and O–H groups in total. The Morgan fingerprint density at radius 1 is 1.05 bits per heavy atom. The summed E-state index contributed by atoms with van der Waals surface area (Å²) in [6.45, 7) is -0.428. The number of hydrogen-bond acceptors (Lipinski definition) is 6. The van der Waals surface area contributed by atoms with Crippen molar-refractivity contribution in [3.05, 3.63) is 64.8 Å². The van der Waals surface area contributed by atoms with E-state index in [0.717, 1.165) is 17.0 Å². The van der Waals surface area contributed by atoms with Crippen LogP contribution < -0.4 is 14.4 Å². The predicted octanol–water partition coefficient (Wildman–Crippen LogP) is 5.79. The maximum Gasteiger partial charge on any atom is 0.573 e. The summed E-state index contributed by atoms with van der Waals surface area (Å²) in [6, 6.07) is 10.9. The Labute approximate surface area is 222 Å². The van der Waals surface area contributed by atoms with E-state index in [-0.39, 0.29) is 29.8 Å². The van der Waals surface area contributed by atoms with E-state index in [1.54, 1.807) is 24.3 Å². The molecule has 0 saturated carbocycles. The van der Waals surface area contributed by atoms with Crippen LogP contribution in [0.2, 0.25) is 5.02 Å². The highest BCUT2D eigenvalue weighted by atomic mass is 35.5. The second-order valence-corrected chi connectivity index (χ2v) is 9.01. The van der Waals surface area contributed by atoms with Crippen LogP contribution in [0.25, 0.3) is 0 Å². The first-order valence-electron chi connectivity index (χ1n) is 11.4. The molecule has 210 valence electrons. The van der Waals surface area contributed by atoms with E-state index in [0.29, 0.717) is 10.6 Å². The van der Waals surface area contributed by atoms with Crippen LogP contribution in [0.5, 0.6) is 17.5 Å². The van der Waals surface area contributed by atoms with E-state index < -0.39 is 49.9 Å². The average molecular weight is 579 g/mol. The van der Waals surface area contributed by atoms with Gasteiger partial charge in [-0.25, -0.2) is 0 Å². The maximum atomic E-state index is 13.4. The number of fused-ring (bicyclic) bond motifs is 1. The minimum atomic E-state index is -4.94. The number of nitrogens with zero attached hydrogens (tertiary/aromatic N) is 4. The molecule has 39 heavy (non-hydrogen) atoms. The van der Waals surface area contributed by atoms with Crippen molar-refractivity contribution in [1.29, 1.82) is 0 Å². The summed E-state index contributed by atoms with van der Waals surface area (Å²) in [7, 11) is 1.38. The Balaban J connectivity index is 1.72. The highest BCUT2D eigenvalue weighted by Crippen LogP contribution is 2.36. The highest BCUT2D eigenvalue weighted by Gasteiger charge is 2.41. The number of aliphatic hydroxyl groups excluding tert-OH is 1. The van der Waals surface area contributed by atoms with Gasteiger partial charge >= 0.3 is 18.5 Å². The van der Waals surface area contributed by atoms with Gasteiger partial charge in [0.2, 0.25) is 6.35 Å². The number of rotatable bonds is 8. The van der Waals surface area contributed by atoms with Crippen LogP contribution in [0.3, 0.4) is 0 Å². The molecule has 1 unspecified atom stereocenters. The van der Waals surface area contributed by atoms with E-state index in [4.69, 9.17) is 16.3 Å². The lowest BCUT2D eigenvalue weighted by Crippen LogP contribution is -2.54. The third-order valence-electron chi connectivity index (χ3n) is 5.70. The van der Waals surface area contributed by atoms with Gasteiger partial charge in [0.15, 0.2) is 11.5 Å². The molecule has 0 aliphatic carbocycles. The molecule has 8 nitrogen and oxygen atoms in total. The van der Waals surface area contributed by atoms with E-state index in [1.807, 2.05) is 0 Å². The van der Waals surface area contributed by atoms with Crippen LogP contribution in [0.1, 0.15) is 28.9 Å². The average Bonchev–Trinajstić information content (AvgIpc) is 3.17. The summed E-state index contributed by atoms with van der Waals surface area (Å²) in [5.74, 6) is -1.50. The monoisotopic (exact) mass is 578 g/mol. The van der Waals surface area contributed by atoms with Gasteiger partial charge in [-0.2, -0.15) is 18.2 Å². The summed E-state index contributed by atoms with van der Waals surface area (Å²) >= 11 is 5.96. The van der Waals surface area contributed by atoms with Gasteiger partial charge in [0.25, 0.3) is 5.91 Å². The van der Waals surface area contributed by atoms with Crippen LogP contribution in [-0.4, -0.2) is 57.9 Å². The molecule has 1 aliphatic rings. The number of ether oxygens (including phenoxy) is 2. The minimum absolute atomic E-state index is 0.0281. The molecule has 3 aromatic rings. The minimum Gasteiger partial charge on any atom is -0.425 e. The van der Waals surface area contributed by atoms with Gasteiger partial charge < -0.3 is 19.5 Å². The van der Waals surface area contributed by atoms with Crippen molar-refractivity contribution >= 4 is 23.3 Å². The summed E-state index contributed by atoms with van der Waals surface area (Å²) in [5, 5.41) is 11.1. The predicted molar refractivity (Wildman–Crippen MR) is 127 cm³/mol. The lowest BCUT2D eigenvalue weighted by atomic mass is 10.2. The van der Waals surface area contributed by atoms with Crippen molar-refractivity contribution in [3.63, 3.8) is 0 Å². The Kier molecular flexibility index (Phi) is 7.89. The van der Waals surface area contributed by atoms with Gasteiger partial charge in [-0.3, -0.25) is 14.3 Å². The largest absolute Gasteiger partial charge is 0.573 e. The zero-order valence-electron chi connectivity index (χ0n) is 20.1. The van der Waals surface area contributed by atoms with Crippen molar-refractivity contribution in [1.82, 2.24) is 14.5 Å². The van der Waals surface area contributed by atoms with Gasteiger partial charge in [0.1, 0.15) is 11.5 Å². The van der Waals surface area contributed by atoms with Crippen LogP contribution in [0.4, 0.5) is 32.2 Å². The van der Waals surface area contributed by atoms with Crippen molar-refractivity contribution in [3.8, 4) is 17.5 Å². The number of alkyl halides is 6. The van der Waals surface area contributed by atoms with E-state index in [2.05, 4.69) is 9.72 Å². The third-order valence-corrected chi connectivity index (χ3v) is 5.95. The molecule has 2 heterocycles. The molecule has 4 rings (SSSR count). The number of aromatic nitrogens is 2. The van der Waals surface area contributed by atoms with Gasteiger partial charge in [0, 0.05) is 31.1 Å². The zero-order chi connectivity index (χ0) is 28.5. The lowest BCUT2D eigenvalue weighted by Gasteiger charge is -2.38. The summed E-state index contributed by atoms with van der Waals surface area (Å²) in [4.78, 5) is 19.8. The second-order valence-electron chi connectivity index (χ2n) is 8.58. The first-order valence-corrected chi connectivity index (χ1v) is 11.8. The number of carbonyl (C=O) groups is 1. The number of imidazole rings is 1. The number of carbonyl (C=O) groups excluding carboxylic acids is 1. The zero-order valence-corrected chi connectivity index (χ0v) is 20.9. The molecule has 1 aromatic heterocycles. The molecule has 0 saturated heterocycles. The molecule has 1 aliphatic heterocycles. The SMILES string of the molecule is CN1c2nc(Oc3cccc(OC(F)(F)F)c3)n(Cc3ccc(Cl)cc3)c2C(=O)N(CCCC(F)(F)F)C1O. The number of aliphatic hydroxyl groups is 1. The third kappa shape index (κ3) is 6.87. The van der Waals surface area contributed by atoms with Crippen LogP contribution in [0, 0.1) is 0 Å². The standard InChI is InChI=1S/C24H21ClF6N4O4/c1-33-19-18(20(36)34(22(33)37)11-3-10-23(26,27)28)35(13-14-6-8-15(25)9-7-14)21(32-19)38-16-4-2-5-17(12-16)39-24(29,30)31/h2,4-9,12,22,37H,3,10-11,13H2,1H3. The maximum absolute atomic E-state index is 13.4. The van der Waals surface area contributed by atoms with Crippen molar-refractivity contribution < 1.29 is 45.7 Å². The van der Waals surface area contributed by atoms with E-state index in [1.165, 1.54) is 28.6 Å². The summed E-state index contributed by atoms with van der Waals surface area (Å²) in [5.41, 5.74) is 0.534. The van der Waals surface area contributed by atoms with Gasteiger partial charge in [-0.15, -0.1) is 13.2 Å². The molecule has 1 atom stereocenters. The number of benzene rings is 2. The van der Waals surface area contributed by atoms with Crippen LogP contribution >= 0.6 is 11.6 Å². The number of amides is 1. The fraction of sp³-hybridized carbons (Fsp3) is 0.333. The topological polar surface area (TPSA) is 80.1 Å². The summed E-state index contributed by atoms with van der Waals surface area (Å²) < 4.78 is 87.1. The Morgan fingerprint density at radius 3 is 2.36 bits per heavy atom. The fourth-order valence-corrected chi connectivity index (χ4v) is 4.07. The molecule has 15 heteroatoms. The number of hydrogen-bond donors (Lipinski definition) is 1. The summed E-state index contributed by atoms with van der Waals surface area (Å²) in [6.07, 6.45) is -12.6. The van der Waals surface area contributed by atoms with Crippen molar-refractivity contribution in [2.24, 2.45) is 0 Å². The van der Waals surface area contributed by atoms with Gasteiger partial charge in [-0.1, -0.05) is 29.8 Å². The number of halogens is 7. The first-order chi connectivity index (χ1) is 18.2. The molecule has 2 aromatic carbocycles. The Morgan fingerprint density at radius 2 is 1.72 bits per heavy atom. The quantitative estimate of drug-likeness (QED) is 0.341. The molecular formula is C24H21ClF6N4O4. The molecule has 0 radical (unpaired) electrons. The Bertz CT molecular complexity index is 1330. The van der Waals surface area contributed by atoms with Crippen molar-refractivity contribution in [2.45, 2.75) is 38.3 Å². The van der Waals surface area contributed by atoms with E-state index in [9.17, 15) is 36.2 Å². The van der Waals surface area contributed by atoms with Gasteiger partial charge in [0.05, 0.1) is 6.54 Å². The highest BCUT2D eigenvalue weighted by molar-refractivity contribution is 6.30. The molecule has 0 spiro atoms. The molecule has 1 amide bonds. The molecule has 0 fully saturated rings. The first kappa shape index (κ1) is 28.4. The Hall–Kier alpha value is -3.65. The molecular weight excluding hydrogens is 558 g/mol.